The Morgan fingerprint density at radius 2 is 1.83 bits per heavy atom. The first-order chi connectivity index (χ1) is 16.7. The molecule has 4 rings (SSSR count). The molecule has 0 radical (unpaired) electrons. The van der Waals surface area contributed by atoms with Gasteiger partial charge in [-0.15, -0.1) is 0 Å². The van der Waals surface area contributed by atoms with Crippen molar-refractivity contribution in [3.05, 3.63) is 100 Å². The number of benzene rings is 2. The maximum atomic E-state index is 13.5. The summed E-state index contributed by atoms with van der Waals surface area (Å²) in [5.41, 5.74) is 2.29. The number of hydrogen-bond donors (Lipinski definition) is 0. The molecular weight excluding hydrogens is 479 g/mol. The summed E-state index contributed by atoms with van der Waals surface area (Å²) in [5, 5.41) is 9.77. The number of pyridine rings is 2. The summed E-state index contributed by atoms with van der Waals surface area (Å²) in [4.78, 5) is 17.6. The molecule has 0 unspecified atom stereocenters. The molecule has 0 saturated heterocycles. The second-order valence-corrected chi connectivity index (χ2v) is 8.01. The fraction of sp³-hybridized carbons (Fsp3) is 0.115. The van der Waals surface area contributed by atoms with Gasteiger partial charge in [0.25, 0.3) is 5.56 Å². The Morgan fingerprint density at radius 3 is 2.54 bits per heavy atom. The zero-order valence-corrected chi connectivity index (χ0v) is 18.8. The second kappa shape index (κ2) is 10.0. The molecule has 0 aliphatic heterocycles. The monoisotopic (exact) mass is 495 g/mol. The van der Waals surface area contributed by atoms with Gasteiger partial charge in [-0.2, -0.15) is 18.4 Å². The van der Waals surface area contributed by atoms with E-state index < -0.39 is 24.8 Å². The van der Waals surface area contributed by atoms with Gasteiger partial charge in [0.1, 0.15) is 5.75 Å². The van der Waals surface area contributed by atoms with Crippen molar-refractivity contribution in [3.8, 4) is 39.8 Å². The van der Waals surface area contributed by atoms with Crippen molar-refractivity contribution < 1.29 is 17.9 Å². The van der Waals surface area contributed by atoms with Crippen LogP contribution in [-0.4, -0.2) is 22.3 Å². The molecule has 0 saturated carbocycles. The summed E-state index contributed by atoms with van der Waals surface area (Å²) >= 11 is 6.22. The van der Waals surface area contributed by atoms with E-state index in [-0.39, 0.29) is 16.3 Å². The van der Waals surface area contributed by atoms with Gasteiger partial charge in [-0.3, -0.25) is 14.3 Å². The minimum Gasteiger partial charge on any atom is -0.493 e. The van der Waals surface area contributed by atoms with E-state index in [4.69, 9.17) is 16.3 Å². The Balaban J connectivity index is 1.88. The van der Waals surface area contributed by atoms with Crippen molar-refractivity contribution in [2.75, 3.05) is 6.61 Å². The van der Waals surface area contributed by atoms with Crippen LogP contribution in [0.3, 0.4) is 0 Å². The van der Waals surface area contributed by atoms with Gasteiger partial charge >= 0.3 is 6.18 Å². The van der Waals surface area contributed by atoms with Crippen molar-refractivity contribution in [2.24, 2.45) is 0 Å². The molecule has 35 heavy (non-hydrogen) atoms. The van der Waals surface area contributed by atoms with Crippen LogP contribution in [0.5, 0.6) is 5.75 Å². The van der Waals surface area contributed by atoms with Crippen LogP contribution in [0, 0.1) is 11.3 Å². The van der Waals surface area contributed by atoms with Crippen molar-refractivity contribution in [2.45, 2.75) is 12.6 Å². The standard InChI is InChI=1S/C26H17ClF3N3O2/c27-20-10-18(11-22(13-20)35-9-7-26(28,29)30)24-12-19(23-6-2-1-4-17(23)14-31)16-33(25(24)34)21-5-3-8-32-15-21/h1-6,8,10-13,15-16H,7,9H2. The molecular formula is C26H17ClF3N3O2. The molecule has 0 amide bonds. The predicted octanol–water partition coefficient (Wildman–Crippen LogP) is 6.42. The fourth-order valence-electron chi connectivity index (χ4n) is 3.54. The van der Waals surface area contributed by atoms with Gasteiger partial charge in [0.05, 0.1) is 36.5 Å². The summed E-state index contributed by atoms with van der Waals surface area (Å²) < 4.78 is 44.3. The van der Waals surface area contributed by atoms with Gasteiger partial charge in [0.15, 0.2) is 0 Å². The van der Waals surface area contributed by atoms with Gasteiger partial charge in [-0.05, 0) is 48.0 Å². The molecule has 0 spiro atoms. The molecule has 0 N–H and O–H groups in total. The molecule has 0 aliphatic carbocycles. The number of hydrogen-bond acceptors (Lipinski definition) is 4. The number of alkyl halides is 3. The highest BCUT2D eigenvalue weighted by atomic mass is 35.5. The van der Waals surface area contributed by atoms with E-state index in [9.17, 15) is 23.2 Å². The number of rotatable bonds is 6. The average Bonchev–Trinajstić information content (AvgIpc) is 2.83. The number of aromatic nitrogens is 2. The summed E-state index contributed by atoms with van der Waals surface area (Å²) in [6.45, 7) is -0.585. The second-order valence-electron chi connectivity index (χ2n) is 7.58. The van der Waals surface area contributed by atoms with Gasteiger partial charge in [-0.1, -0.05) is 29.8 Å². The van der Waals surface area contributed by atoms with Crippen LogP contribution in [-0.2, 0) is 0 Å². The van der Waals surface area contributed by atoms with E-state index in [0.29, 0.717) is 27.9 Å². The summed E-state index contributed by atoms with van der Waals surface area (Å²) in [6.07, 6.45) is -0.769. The Hall–Kier alpha value is -4.09. The van der Waals surface area contributed by atoms with Crippen molar-refractivity contribution in [3.63, 3.8) is 0 Å². The first kappa shape index (κ1) is 24.0. The van der Waals surface area contributed by atoms with Crippen LogP contribution in [0.4, 0.5) is 13.2 Å². The maximum Gasteiger partial charge on any atom is 0.392 e. The molecule has 176 valence electrons. The average molecular weight is 496 g/mol. The third-order valence-electron chi connectivity index (χ3n) is 5.14. The van der Waals surface area contributed by atoms with Crippen molar-refractivity contribution >= 4 is 11.6 Å². The summed E-state index contributed by atoms with van der Waals surface area (Å²) in [6, 6.07) is 18.5. The van der Waals surface area contributed by atoms with E-state index in [2.05, 4.69) is 11.1 Å². The Morgan fingerprint density at radius 1 is 1.03 bits per heavy atom. The van der Waals surface area contributed by atoms with E-state index >= 15 is 0 Å². The minimum atomic E-state index is -4.36. The molecule has 2 aromatic heterocycles. The highest BCUT2D eigenvalue weighted by Crippen LogP contribution is 2.31. The normalized spacial score (nSPS) is 11.2. The van der Waals surface area contributed by atoms with Crippen LogP contribution < -0.4 is 10.3 Å². The number of halogens is 4. The lowest BCUT2D eigenvalue weighted by molar-refractivity contribution is -0.139. The number of nitrogens with zero attached hydrogens (tertiary/aromatic N) is 3. The van der Waals surface area contributed by atoms with Gasteiger partial charge < -0.3 is 4.74 Å². The molecule has 9 heteroatoms. The number of nitriles is 1. The Labute approximate surface area is 203 Å². The highest BCUT2D eigenvalue weighted by Gasteiger charge is 2.27. The third kappa shape index (κ3) is 5.70. The molecule has 0 bridgehead atoms. The van der Waals surface area contributed by atoms with E-state index in [1.807, 2.05) is 0 Å². The first-order valence-electron chi connectivity index (χ1n) is 10.4. The molecule has 0 aliphatic rings. The quantitative estimate of drug-likeness (QED) is 0.309. The lowest BCUT2D eigenvalue weighted by Gasteiger charge is -2.14. The van der Waals surface area contributed by atoms with Crippen LogP contribution in [0.2, 0.25) is 5.02 Å². The molecule has 0 fully saturated rings. The van der Waals surface area contributed by atoms with Crippen LogP contribution in [0.15, 0.2) is 84.0 Å². The van der Waals surface area contributed by atoms with Crippen molar-refractivity contribution in [1.82, 2.24) is 9.55 Å². The smallest absolute Gasteiger partial charge is 0.392 e. The minimum absolute atomic E-state index is 0.104. The highest BCUT2D eigenvalue weighted by molar-refractivity contribution is 6.31. The zero-order chi connectivity index (χ0) is 25.0. The molecule has 5 nitrogen and oxygen atoms in total. The first-order valence-corrected chi connectivity index (χ1v) is 10.8. The van der Waals surface area contributed by atoms with E-state index in [0.717, 1.165) is 0 Å². The molecule has 4 aromatic rings. The lowest BCUT2D eigenvalue weighted by Crippen LogP contribution is -2.20. The molecule has 2 aromatic carbocycles. The zero-order valence-electron chi connectivity index (χ0n) is 18.1. The number of ether oxygens (including phenoxy) is 1. The topological polar surface area (TPSA) is 67.9 Å². The lowest BCUT2D eigenvalue weighted by atomic mass is 9.98. The van der Waals surface area contributed by atoms with Crippen LogP contribution >= 0.6 is 11.6 Å². The van der Waals surface area contributed by atoms with Crippen LogP contribution in [0.25, 0.3) is 27.9 Å². The molecule has 2 heterocycles. The predicted molar refractivity (Wildman–Crippen MR) is 127 cm³/mol. The van der Waals surface area contributed by atoms with Crippen molar-refractivity contribution in [1.29, 1.82) is 5.26 Å². The third-order valence-corrected chi connectivity index (χ3v) is 5.35. The SMILES string of the molecule is N#Cc1ccccc1-c1cc(-c2cc(Cl)cc(OCCC(F)(F)F)c2)c(=O)n(-c2cccnc2)c1. The van der Waals surface area contributed by atoms with Gasteiger partial charge in [0.2, 0.25) is 0 Å². The van der Waals surface area contributed by atoms with E-state index in [1.165, 1.54) is 29.0 Å². The largest absolute Gasteiger partial charge is 0.493 e. The summed E-state index contributed by atoms with van der Waals surface area (Å²) in [7, 11) is 0. The maximum absolute atomic E-state index is 13.5. The van der Waals surface area contributed by atoms with Gasteiger partial charge in [0, 0.05) is 34.1 Å². The molecule has 0 atom stereocenters. The fourth-order valence-corrected chi connectivity index (χ4v) is 3.77. The summed E-state index contributed by atoms with van der Waals surface area (Å²) in [5.74, 6) is 0.104. The van der Waals surface area contributed by atoms with Crippen LogP contribution in [0.1, 0.15) is 12.0 Å². The van der Waals surface area contributed by atoms with E-state index in [1.54, 1.807) is 54.9 Å². The Kier molecular flexibility index (Phi) is 6.90. The Bertz CT molecular complexity index is 1460. The van der Waals surface area contributed by atoms with Gasteiger partial charge in [-0.25, -0.2) is 0 Å².